The molecule has 18 heterocycles. The van der Waals surface area contributed by atoms with Crippen molar-refractivity contribution in [3.05, 3.63) is 92.6 Å². The summed E-state index contributed by atoms with van der Waals surface area (Å²) in [6.07, 6.45) is 29.3. The minimum Gasteiger partial charge on any atom is -0.467 e. The molecule has 0 aromatic carbocycles. The van der Waals surface area contributed by atoms with Crippen molar-refractivity contribution < 1.29 is 9.47 Å². The molecular formula is C62H62N22O2S6. The van der Waals surface area contributed by atoms with E-state index >= 15 is 0 Å². The number of fused-ring (bicyclic) bond motifs is 6. The van der Waals surface area contributed by atoms with Gasteiger partial charge in [-0.1, -0.05) is 68.0 Å². The summed E-state index contributed by atoms with van der Waals surface area (Å²) in [4.78, 5) is 63.3. The van der Waals surface area contributed by atoms with Gasteiger partial charge in [0.1, 0.15) is 44.3 Å². The molecule has 0 aliphatic carbocycles. The number of piperidine rings is 3. The van der Waals surface area contributed by atoms with Crippen molar-refractivity contribution in [2.75, 3.05) is 38.6 Å². The van der Waals surface area contributed by atoms with Crippen molar-refractivity contribution in [3.63, 3.8) is 0 Å². The Bertz CT molecular complexity index is 4920. The van der Waals surface area contributed by atoms with Crippen molar-refractivity contribution in [2.24, 2.45) is 0 Å². The predicted molar refractivity (Wildman–Crippen MR) is 370 cm³/mol. The Balaban J connectivity index is 0.000000110. The molecule has 468 valence electrons. The number of pyridine rings is 3. The van der Waals surface area contributed by atoms with Gasteiger partial charge in [0.15, 0.2) is 34.1 Å². The van der Waals surface area contributed by atoms with Gasteiger partial charge in [-0.3, -0.25) is 30.2 Å². The summed E-state index contributed by atoms with van der Waals surface area (Å²) in [5.74, 6) is 0. The fraction of sp³-hybridized carbons (Fsp3) is 0.323. The zero-order chi connectivity index (χ0) is 62.0. The van der Waals surface area contributed by atoms with Crippen LogP contribution in [0.4, 0.5) is 5.13 Å². The number of aromatic nitrogens is 18. The van der Waals surface area contributed by atoms with E-state index in [0.717, 1.165) is 196 Å². The summed E-state index contributed by atoms with van der Waals surface area (Å²) in [6, 6.07) is 8.27. The van der Waals surface area contributed by atoms with Gasteiger partial charge in [0.25, 0.3) is 10.4 Å². The van der Waals surface area contributed by atoms with Crippen LogP contribution in [-0.4, -0.2) is 165 Å². The largest absolute Gasteiger partial charge is 0.467 e. The third-order valence-corrected chi connectivity index (χ3v) is 23.4. The predicted octanol–water partition coefficient (Wildman–Crippen LogP) is 13.0. The van der Waals surface area contributed by atoms with Crippen LogP contribution in [0.3, 0.4) is 0 Å². The topological polar surface area (TPSA) is 298 Å². The van der Waals surface area contributed by atoms with Crippen LogP contribution in [0.2, 0.25) is 0 Å². The number of H-pyrrole nitrogens is 6. The number of nitrogens with one attached hydrogen (secondary N) is 8. The molecule has 0 spiro atoms. The Morgan fingerprint density at radius 2 is 0.924 bits per heavy atom. The zero-order valence-corrected chi connectivity index (χ0v) is 55.4. The van der Waals surface area contributed by atoms with Crippen LogP contribution >= 0.6 is 68.0 Å². The van der Waals surface area contributed by atoms with Gasteiger partial charge in [0, 0.05) is 143 Å². The maximum atomic E-state index is 6.19. The third-order valence-electron chi connectivity index (χ3n) is 17.4. The smallest absolute Gasteiger partial charge is 0.276 e. The molecule has 0 bridgehead atoms. The van der Waals surface area contributed by atoms with Gasteiger partial charge in [-0.2, -0.15) is 25.3 Å². The average Bonchev–Trinajstić information content (AvgIpc) is 1.67. The highest BCUT2D eigenvalue weighted by atomic mass is 32.1. The zero-order valence-electron chi connectivity index (χ0n) is 50.5. The highest BCUT2D eigenvalue weighted by molar-refractivity contribution is 7.30. The maximum Gasteiger partial charge on any atom is 0.276 e. The summed E-state index contributed by atoms with van der Waals surface area (Å²) in [6.45, 7) is 9.79. The van der Waals surface area contributed by atoms with Crippen LogP contribution < -0.4 is 25.0 Å². The van der Waals surface area contributed by atoms with Gasteiger partial charge < -0.3 is 44.9 Å². The summed E-state index contributed by atoms with van der Waals surface area (Å²) < 4.78 is 12.3. The van der Waals surface area contributed by atoms with Crippen LogP contribution in [0.1, 0.15) is 59.3 Å². The monoisotopic (exact) mass is 1340 g/mol. The number of aromatic amines is 6. The Morgan fingerprint density at radius 1 is 0.489 bits per heavy atom. The Hall–Kier alpha value is -8.46. The lowest BCUT2D eigenvalue weighted by Gasteiger charge is -2.34. The number of ether oxygens (including phenoxy) is 2. The minimum atomic E-state index is 0.219. The van der Waals surface area contributed by atoms with Crippen molar-refractivity contribution in [2.45, 2.75) is 95.7 Å². The van der Waals surface area contributed by atoms with Gasteiger partial charge in [-0.05, 0) is 97.6 Å². The molecule has 3 fully saturated rings. The molecule has 24 nitrogen and oxygen atoms in total. The fourth-order valence-corrected chi connectivity index (χ4v) is 18.4. The first-order chi connectivity index (χ1) is 45.1. The van der Waals surface area contributed by atoms with Gasteiger partial charge >= 0.3 is 0 Å². The van der Waals surface area contributed by atoms with E-state index in [1.54, 1.807) is 57.7 Å². The van der Waals surface area contributed by atoms with Crippen LogP contribution in [-0.2, 0) is 0 Å². The number of hydrogen-bond donors (Lipinski definition) is 8. The van der Waals surface area contributed by atoms with Crippen LogP contribution in [0.25, 0.3) is 127 Å². The van der Waals surface area contributed by atoms with Crippen LogP contribution in [0, 0.1) is 0 Å². The van der Waals surface area contributed by atoms with Crippen molar-refractivity contribution in [1.82, 2.24) is 106 Å². The van der Waals surface area contributed by atoms with Crippen LogP contribution in [0.5, 0.6) is 10.4 Å². The molecule has 18 rings (SSSR count). The molecule has 0 saturated carbocycles. The molecule has 92 heavy (non-hydrogen) atoms. The van der Waals surface area contributed by atoms with E-state index in [1.807, 2.05) is 62.0 Å². The summed E-state index contributed by atoms with van der Waals surface area (Å²) in [5, 5.41) is 36.1. The van der Waals surface area contributed by atoms with Crippen molar-refractivity contribution >= 4 is 135 Å². The number of thiazole rings is 6. The summed E-state index contributed by atoms with van der Waals surface area (Å²) >= 11 is 9.41. The van der Waals surface area contributed by atoms with E-state index < -0.39 is 0 Å². The minimum absolute atomic E-state index is 0.219. The Kier molecular flexibility index (Phi) is 15.8. The molecule has 15 aromatic heterocycles. The van der Waals surface area contributed by atoms with E-state index in [-0.39, 0.29) is 12.2 Å². The van der Waals surface area contributed by atoms with Crippen LogP contribution in [0.15, 0.2) is 92.6 Å². The Labute approximate surface area is 549 Å². The van der Waals surface area contributed by atoms with Gasteiger partial charge in [0.2, 0.25) is 0 Å². The molecule has 3 saturated heterocycles. The number of nitrogens with zero attached hydrogens (tertiary/aromatic N) is 14. The fourth-order valence-electron chi connectivity index (χ4n) is 12.4. The quantitative estimate of drug-likeness (QED) is 0.0564. The lowest BCUT2D eigenvalue weighted by Crippen LogP contribution is -2.45. The highest BCUT2D eigenvalue weighted by Gasteiger charge is 2.29. The lowest BCUT2D eigenvalue weighted by atomic mass is 10.00. The first-order valence-corrected chi connectivity index (χ1v) is 35.4. The average molecular weight is 1340 g/mol. The van der Waals surface area contributed by atoms with Crippen molar-refractivity contribution in [3.8, 4) is 75.9 Å². The molecule has 3 aliphatic rings. The normalized spacial score (nSPS) is 19.7. The number of rotatable bonds is 12. The number of anilines is 1. The first-order valence-electron chi connectivity index (χ1n) is 30.5. The first kappa shape index (κ1) is 58.6. The molecule has 8 N–H and O–H groups in total. The second kappa shape index (κ2) is 24.9. The highest BCUT2D eigenvalue weighted by Crippen LogP contribution is 2.44. The molecule has 15 aromatic rings. The number of hydrogen-bond acceptors (Lipinski definition) is 24. The van der Waals surface area contributed by atoms with E-state index in [4.69, 9.17) is 49.3 Å². The summed E-state index contributed by atoms with van der Waals surface area (Å²) in [7, 11) is 4.33. The molecule has 6 atom stereocenters. The van der Waals surface area contributed by atoms with Gasteiger partial charge in [0.05, 0.1) is 35.1 Å². The lowest BCUT2D eigenvalue weighted by molar-refractivity contribution is 0.0791. The second-order valence-corrected chi connectivity index (χ2v) is 29.3. The molecule has 30 heteroatoms. The van der Waals surface area contributed by atoms with E-state index in [1.165, 1.54) is 22.7 Å². The molecule has 0 amide bonds. The molecule has 0 radical (unpaired) electrons. The molecule has 3 aliphatic heterocycles. The van der Waals surface area contributed by atoms with E-state index in [2.05, 4.69) is 124 Å². The Morgan fingerprint density at radius 3 is 1.35 bits per heavy atom. The van der Waals surface area contributed by atoms with E-state index in [0.29, 0.717) is 29.4 Å². The third kappa shape index (κ3) is 11.5. The SMILES string of the molecule is C[C@@H]1C[C@@H](N(C)c2nc3sc(-c4ncc(-c5cn[nH]c5)c5cc[nH]c45)nc3s2)CCN1.C[C@@H]1C[C@@H](Oc2nc3sc(-c4ncc(-c5cn[nH]c5)c5cc[nH]c45)nc3s2)CCN1.C[C@H]1C[C@H](Oc2nc3sc(-c4ncc(-c5cn[nH]c5)c5cc[nH]c45)nc3s2)CCN1C. The maximum absolute atomic E-state index is 6.19. The molecule has 0 unspecified atom stereocenters. The van der Waals surface area contributed by atoms with Crippen molar-refractivity contribution in [1.29, 1.82) is 0 Å². The van der Waals surface area contributed by atoms with E-state index in [9.17, 15) is 0 Å². The van der Waals surface area contributed by atoms with Gasteiger partial charge in [-0.25, -0.2) is 19.9 Å². The standard InChI is InChI=1S/C21H22N8S2.C21H21N7OS2.C20H19N7OS2/c1-11-7-13(3-5-22-11)29(2)21-28-20-19(31-21)27-18(30-20)17-16-14(4-6-23-16)15(10-24-17)12-8-25-26-9-12;1-11-7-13(4-6-28(11)2)29-21-27-20-19(31-21)26-18(30-20)17-16-14(3-5-22-16)15(10-23-17)12-8-24-25-9-12;1-10-6-12(2-4-21-10)28-20-27-19-18(30-20)26-17(29-19)16-15-13(3-5-22-15)14(9-23-16)11-7-24-25-8-11/h4,6,8-11,13,22-23H,3,5,7H2,1-2H3,(H,25,26);3,5,8-11,13,22H,4,6-7H2,1-2H3,(H,24,25);3,5,7-10,12,21-22H,2,4,6H2,1H3,(H,24,25)/t2*11-,13+;10-,12+/m101/s1. The second-order valence-electron chi connectivity index (χ2n) is 23.5. The summed E-state index contributed by atoms with van der Waals surface area (Å²) in [5.41, 5.74) is 11.6. The molecular weight excluding hydrogens is 1280 g/mol. The number of likely N-dealkylation sites (tertiary alicyclic amines) is 1. The van der Waals surface area contributed by atoms with Gasteiger partial charge in [-0.15, -0.1) is 0 Å².